The van der Waals surface area contributed by atoms with Gasteiger partial charge >= 0.3 is 0 Å². The predicted octanol–water partition coefficient (Wildman–Crippen LogP) is 2.24. The van der Waals surface area contributed by atoms with Gasteiger partial charge in [0.1, 0.15) is 5.82 Å². The lowest BCUT2D eigenvalue weighted by Gasteiger charge is -2.34. The number of rotatable bonds is 7. The SMILES string of the molecule is CN1CCN(c2ccc(CCNS(=O)(=O)Cc3cccc(F)c3)cc2)CC1. The highest BCUT2D eigenvalue weighted by molar-refractivity contribution is 7.88. The van der Waals surface area contributed by atoms with Crippen LogP contribution in [0.25, 0.3) is 0 Å². The van der Waals surface area contributed by atoms with Crippen molar-refractivity contribution in [2.24, 2.45) is 0 Å². The number of halogens is 1. The van der Waals surface area contributed by atoms with E-state index in [0.29, 0.717) is 18.5 Å². The number of hydrogen-bond donors (Lipinski definition) is 1. The third-order valence-electron chi connectivity index (χ3n) is 4.79. The summed E-state index contributed by atoms with van der Waals surface area (Å²) in [5.74, 6) is -0.643. The molecule has 0 unspecified atom stereocenters. The molecule has 7 heteroatoms. The zero-order chi connectivity index (χ0) is 19.3. The molecule has 0 aromatic heterocycles. The Balaban J connectivity index is 1.48. The zero-order valence-corrected chi connectivity index (χ0v) is 16.4. The molecule has 2 aromatic carbocycles. The molecule has 27 heavy (non-hydrogen) atoms. The molecule has 0 aliphatic carbocycles. The maximum Gasteiger partial charge on any atom is 0.215 e. The van der Waals surface area contributed by atoms with Crippen LogP contribution in [0, 0.1) is 5.82 Å². The van der Waals surface area contributed by atoms with E-state index in [-0.39, 0.29) is 5.75 Å². The van der Waals surface area contributed by atoms with Crippen molar-refractivity contribution in [3.63, 3.8) is 0 Å². The van der Waals surface area contributed by atoms with Crippen LogP contribution < -0.4 is 9.62 Å². The van der Waals surface area contributed by atoms with Gasteiger partial charge in [0.2, 0.25) is 10.0 Å². The summed E-state index contributed by atoms with van der Waals surface area (Å²) in [6.07, 6.45) is 0.616. The Kier molecular flexibility index (Phi) is 6.46. The smallest absolute Gasteiger partial charge is 0.215 e. The van der Waals surface area contributed by atoms with E-state index in [1.54, 1.807) is 6.07 Å². The molecule has 0 bridgehead atoms. The van der Waals surface area contributed by atoms with Crippen LogP contribution in [-0.2, 0) is 22.2 Å². The van der Waals surface area contributed by atoms with Crippen LogP contribution in [0.2, 0.25) is 0 Å². The van der Waals surface area contributed by atoms with E-state index in [4.69, 9.17) is 0 Å². The Hall–Kier alpha value is -1.96. The van der Waals surface area contributed by atoms with Crippen molar-refractivity contribution < 1.29 is 12.8 Å². The molecule has 0 atom stereocenters. The number of nitrogens with one attached hydrogen (secondary N) is 1. The van der Waals surface area contributed by atoms with E-state index >= 15 is 0 Å². The van der Waals surface area contributed by atoms with Crippen molar-refractivity contribution >= 4 is 15.7 Å². The lowest BCUT2D eigenvalue weighted by Crippen LogP contribution is -2.44. The first-order chi connectivity index (χ1) is 12.9. The molecule has 1 aliphatic heterocycles. The van der Waals surface area contributed by atoms with Gasteiger partial charge in [0, 0.05) is 38.4 Å². The summed E-state index contributed by atoms with van der Waals surface area (Å²) in [7, 11) is -1.35. The van der Waals surface area contributed by atoms with E-state index in [0.717, 1.165) is 31.7 Å². The van der Waals surface area contributed by atoms with Crippen molar-refractivity contribution in [1.82, 2.24) is 9.62 Å². The van der Waals surface area contributed by atoms with Crippen LogP contribution in [0.5, 0.6) is 0 Å². The van der Waals surface area contributed by atoms with Gasteiger partial charge in [0.15, 0.2) is 0 Å². The highest BCUT2D eigenvalue weighted by atomic mass is 32.2. The van der Waals surface area contributed by atoms with Crippen molar-refractivity contribution in [2.45, 2.75) is 12.2 Å². The van der Waals surface area contributed by atoms with E-state index < -0.39 is 15.8 Å². The number of sulfonamides is 1. The van der Waals surface area contributed by atoms with Gasteiger partial charge < -0.3 is 9.80 Å². The number of nitrogens with zero attached hydrogens (tertiary/aromatic N) is 2. The van der Waals surface area contributed by atoms with Crippen LogP contribution in [0.15, 0.2) is 48.5 Å². The molecule has 1 fully saturated rings. The van der Waals surface area contributed by atoms with Crippen molar-refractivity contribution in [3.05, 3.63) is 65.5 Å². The van der Waals surface area contributed by atoms with Gasteiger partial charge in [-0.1, -0.05) is 24.3 Å². The maximum atomic E-state index is 13.2. The fourth-order valence-electron chi connectivity index (χ4n) is 3.19. The van der Waals surface area contributed by atoms with Gasteiger partial charge in [-0.25, -0.2) is 17.5 Å². The summed E-state index contributed by atoms with van der Waals surface area (Å²) in [5.41, 5.74) is 2.74. The third-order valence-corrected chi connectivity index (χ3v) is 6.14. The average molecular weight is 392 g/mol. The lowest BCUT2D eigenvalue weighted by molar-refractivity contribution is 0.313. The molecule has 0 radical (unpaired) electrons. The van der Waals surface area contributed by atoms with Crippen LogP contribution in [0.4, 0.5) is 10.1 Å². The maximum absolute atomic E-state index is 13.2. The standard InChI is InChI=1S/C20H26FN3O2S/c1-23-11-13-24(14-12-23)20-7-5-17(6-8-20)9-10-22-27(25,26)16-18-3-2-4-19(21)15-18/h2-8,15,22H,9-14,16H2,1H3. The average Bonchev–Trinajstić information content (AvgIpc) is 2.62. The molecule has 1 heterocycles. The minimum Gasteiger partial charge on any atom is -0.369 e. The number of benzene rings is 2. The van der Waals surface area contributed by atoms with Crippen molar-refractivity contribution in [1.29, 1.82) is 0 Å². The van der Waals surface area contributed by atoms with Crippen LogP contribution >= 0.6 is 0 Å². The molecule has 2 aromatic rings. The van der Waals surface area contributed by atoms with Gasteiger partial charge in [0.05, 0.1) is 5.75 Å². The summed E-state index contributed by atoms with van der Waals surface area (Å²) in [6, 6.07) is 14.0. The van der Waals surface area contributed by atoms with Gasteiger partial charge in [-0.2, -0.15) is 0 Å². The van der Waals surface area contributed by atoms with Crippen LogP contribution in [0.3, 0.4) is 0 Å². The van der Waals surface area contributed by atoms with Gasteiger partial charge in [-0.3, -0.25) is 0 Å². The number of anilines is 1. The number of hydrogen-bond acceptors (Lipinski definition) is 4. The van der Waals surface area contributed by atoms with Crippen molar-refractivity contribution in [3.8, 4) is 0 Å². The highest BCUT2D eigenvalue weighted by Gasteiger charge is 2.14. The first kappa shape index (κ1) is 19.8. The van der Waals surface area contributed by atoms with E-state index in [1.807, 2.05) is 0 Å². The highest BCUT2D eigenvalue weighted by Crippen LogP contribution is 2.17. The second-order valence-electron chi connectivity index (χ2n) is 6.99. The van der Waals surface area contributed by atoms with E-state index in [1.165, 1.54) is 23.9 Å². The molecular formula is C20H26FN3O2S. The van der Waals surface area contributed by atoms with Gasteiger partial charge in [0.25, 0.3) is 0 Å². The first-order valence-corrected chi connectivity index (χ1v) is 10.8. The van der Waals surface area contributed by atoms with Crippen molar-refractivity contribution in [2.75, 3.05) is 44.7 Å². The predicted molar refractivity (Wildman–Crippen MR) is 107 cm³/mol. The molecule has 0 saturated carbocycles. The minimum absolute atomic E-state index is 0.215. The third kappa shape index (κ3) is 6.02. The fraction of sp³-hybridized carbons (Fsp3) is 0.400. The molecule has 0 amide bonds. The Morgan fingerprint density at radius 3 is 2.37 bits per heavy atom. The summed E-state index contributed by atoms with van der Waals surface area (Å²) in [6.45, 7) is 4.50. The lowest BCUT2D eigenvalue weighted by atomic mass is 10.1. The molecule has 3 rings (SSSR count). The van der Waals surface area contributed by atoms with Crippen LogP contribution in [0.1, 0.15) is 11.1 Å². The van der Waals surface area contributed by atoms with Gasteiger partial charge in [-0.05, 0) is 48.9 Å². The molecule has 0 spiro atoms. The topological polar surface area (TPSA) is 52.6 Å². The minimum atomic E-state index is -3.48. The molecule has 1 aliphatic rings. The summed E-state index contributed by atoms with van der Waals surface area (Å²) >= 11 is 0. The van der Waals surface area contributed by atoms with Crippen LogP contribution in [-0.4, -0.2) is 53.1 Å². The second-order valence-corrected chi connectivity index (χ2v) is 8.80. The number of piperazine rings is 1. The molecule has 5 nitrogen and oxygen atoms in total. The Bertz CT molecular complexity index is 848. The molecule has 146 valence electrons. The molecule has 1 N–H and O–H groups in total. The monoisotopic (exact) mass is 391 g/mol. The molecular weight excluding hydrogens is 365 g/mol. The Labute approximate surface area is 160 Å². The van der Waals surface area contributed by atoms with E-state index in [2.05, 4.69) is 45.8 Å². The molecule has 1 saturated heterocycles. The normalized spacial score (nSPS) is 15.9. The summed E-state index contributed by atoms with van der Waals surface area (Å²) in [4.78, 5) is 4.69. The summed E-state index contributed by atoms with van der Waals surface area (Å²) < 4.78 is 40.1. The largest absolute Gasteiger partial charge is 0.369 e. The zero-order valence-electron chi connectivity index (χ0n) is 15.6. The quantitative estimate of drug-likeness (QED) is 0.787. The Morgan fingerprint density at radius 2 is 1.70 bits per heavy atom. The second kappa shape index (κ2) is 8.82. The number of likely N-dealkylation sites (N-methyl/N-ethyl adjacent to an activating group) is 1. The van der Waals surface area contributed by atoms with Gasteiger partial charge in [-0.15, -0.1) is 0 Å². The summed E-state index contributed by atoms with van der Waals surface area (Å²) in [5, 5.41) is 0. The fourth-order valence-corrected chi connectivity index (χ4v) is 4.32. The first-order valence-electron chi connectivity index (χ1n) is 9.15. The van der Waals surface area contributed by atoms with E-state index in [9.17, 15) is 12.8 Å². The Morgan fingerprint density at radius 1 is 1.00 bits per heavy atom.